The van der Waals surface area contributed by atoms with E-state index in [9.17, 15) is 0 Å². The summed E-state index contributed by atoms with van der Waals surface area (Å²) in [5.41, 5.74) is 3.30. The fourth-order valence-electron chi connectivity index (χ4n) is 5.05. The molecule has 4 aromatic rings. The lowest BCUT2D eigenvalue weighted by Gasteiger charge is -2.30. The third-order valence-electron chi connectivity index (χ3n) is 6.93. The van der Waals surface area contributed by atoms with Gasteiger partial charge in [0, 0.05) is 24.1 Å². The molecule has 5 heteroatoms. The normalized spacial score (nSPS) is 16.8. The average molecular weight is 441 g/mol. The topological polar surface area (TPSA) is 47.7 Å². The van der Waals surface area contributed by atoms with Crippen molar-refractivity contribution in [3.05, 3.63) is 78.1 Å². The molecule has 6 rings (SSSR count). The maximum Gasteiger partial charge on any atom is 0.162 e. The van der Waals surface area contributed by atoms with Crippen LogP contribution in [0, 0.1) is 0 Å². The van der Waals surface area contributed by atoms with E-state index in [1.54, 1.807) is 0 Å². The van der Waals surface area contributed by atoms with Gasteiger partial charge >= 0.3 is 0 Å². The van der Waals surface area contributed by atoms with Crippen molar-refractivity contribution in [3.8, 4) is 22.8 Å². The van der Waals surface area contributed by atoms with Gasteiger partial charge in [0.25, 0.3) is 0 Å². The first kappa shape index (κ1) is 20.3. The summed E-state index contributed by atoms with van der Waals surface area (Å²) < 4.78 is 17.1. The highest BCUT2D eigenvalue weighted by Gasteiger charge is 2.24. The molecular weight excluding hydrogens is 412 g/mol. The van der Waals surface area contributed by atoms with Gasteiger partial charge in [-0.1, -0.05) is 47.6 Å². The van der Waals surface area contributed by atoms with Crippen LogP contribution in [-0.2, 0) is 6.42 Å². The Balaban J connectivity index is 1.07. The Morgan fingerprint density at radius 1 is 0.848 bits per heavy atom. The monoisotopic (exact) mass is 440 g/mol. The molecule has 0 atom stereocenters. The molecule has 3 heterocycles. The number of aromatic nitrogens is 1. The minimum Gasteiger partial charge on any atom is -0.486 e. The molecule has 1 saturated heterocycles. The molecule has 5 nitrogen and oxygen atoms in total. The van der Waals surface area contributed by atoms with E-state index in [4.69, 9.17) is 14.0 Å². The second kappa shape index (κ2) is 8.91. The Morgan fingerprint density at radius 2 is 1.67 bits per heavy atom. The third kappa shape index (κ3) is 4.21. The lowest BCUT2D eigenvalue weighted by Crippen LogP contribution is -2.34. The zero-order chi connectivity index (χ0) is 22.0. The van der Waals surface area contributed by atoms with Gasteiger partial charge in [-0.15, -0.1) is 0 Å². The molecule has 0 saturated carbocycles. The second-order valence-corrected chi connectivity index (χ2v) is 8.98. The van der Waals surface area contributed by atoms with Crippen LogP contribution in [0.4, 0.5) is 0 Å². The summed E-state index contributed by atoms with van der Waals surface area (Å²) in [6, 6.07) is 23.4. The van der Waals surface area contributed by atoms with Gasteiger partial charge < -0.3 is 18.9 Å². The first-order chi connectivity index (χ1) is 16.3. The van der Waals surface area contributed by atoms with E-state index in [0.29, 0.717) is 19.1 Å². The molecule has 0 amide bonds. The van der Waals surface area contributed by atoms with Crippen molar-refractivity contribution in [2.45, 2.75) is 25.2 Å². The lowest BCUT2D eigenvalue weighted by atomic mass is 9.93. The van der Waals surface area contributed by atoms with Crippen LogP contribution in [0.5, 0.6) is 11.5 Å². The van der Waals surface area contributed by atoms with Crippen molar-refractivity contribution in [1.82, 2.24) is 10.1 Å². The molecule has 33 heavy (non-hydrogen) atoms. The van der Waals surface area contributed by atoms with Gasteiger partial charge in [-0.3, -0.25) is 0 Å². The van der Waals surface area contributed by atoms with Crippen LogP contribution in [0.2, 0.25) is 0 Å². The number of ether oxygens (including phenoxy) is 2. The smallest absolute Gasteiger partial charge is 0.162 e. The first-order valence-corrected chi connectivity index (χ1v) is 11.9. The van der Waals surface area contributed by atoms with E-state index in [-0.39, 0.29) is 0 Å². The summed E-state index contributed by atoms with van der Waals surface area (Å²) in [6.45, 7) is 4.46. The van der Waals surface area contributed by atoms with E-state index < -0.39 is 0 Å². The van der Waals surface area contributed by atoms with Crippen LogP contribution in [0.15, 0.2) is 71.3 Å². The van der Waals surface area contributed by atoms with Crippen molar-refractivity contribution in [1.29, 1.82) is 0 Å². The van der Waals surface area contributed by atoms with E-state index in [1.807, 2.05) is 18.2 Å². The number of hydrogen-bond acceptors (Lipinski definition) is 5. The van der Waals surface area contributed by atoms with Gasteiger partial charge in [-0.2, -0.15) is 0 Å². The highest BCUT2D eigenvalue weighted by molar-refractivity contribution is 5.85. The molecule has 168 valence electrons. The number of benzene rings is 3. The summed E-state index contributed by atoms with van der Waals surface area (Å²) >= 11 is 0. The molecule has 0 spiro atoms. The maximum absolute atomic E-state index is 5.77. The van der Waals surface area contributed by atoms with Gasteiger partial charge in [0.1, 0.15) is 24.7 Å². The first-order valence-electron chi connectivity index (χ1n) is 11.9. The minimum atomic E-state index is 0.428. The Labute approximate surface area is 193 Å². The zero-order valence-corrected chi connectivity index (χ0v) is 18.7. The largest absolute Gasteiger partial charge is 0.486 e. The maximum atomic E-state index is 5.77. The SMILES string of the molecule is c1ccc2c(CCN3CCC(c4cc(-c5ccc6c(c5)OCCO6)no4)CC3)cccc2c1. The quantitative estimate of drug-likeness (QED) is 0.399. The average Bonchev–Trinajstić information content (AvgIpc) is 3.38. The van der Waals surface area contributed by atoms with Gasteiger partial charge in [0.2, 0.25) is 0 Å². The van der Waals surface area contributed by atoms with Crippen LogP contribution in [0.3, 0.4) is 0 Å². The number of rotatable bonds is 5. The molecule has 2 aliphatic rings. The number of hydrogen-bond donors (Lipinski definition) is 0. The van der Waals surface area contributed by atoms with Crippen LogP contribution in [0.25, 0.3) is 22.0 Å². The predicted octanol–water partition coefficient (Wildman–Crippen LogP) is 5.69. The summed E-state index contributed by atoms with van der Waals surface area (Å²) in [4.78, 5) is 2.58. The Bertz CT molecular complexity index is 1250. The number of piperidine rings is 1. The van der Waals surface area contributed by atoms with Crippen molar-refractivity contribution in [2.24, 2.45) is 0 Å². The van der Waals surface area contributed by atoms with Crippen molar-refractivity contribution in [3.63, 3.8) is 0 Å². The van der Waals surface area contributed by atoms with E-state index in [2.05, 4.69) is 58.6 Å². The van der Waals surface area contributed by atoms with Crippen LogP contribution in [-0.4, -0.2) is 42.9 Å². The van der Waals surface area contributed by atoms with E-state index >= 15 is 0 Å². The number of fused-ring (bicyclic) bond motifs is 2. The molecule has 2 aliphatic heterocycles. The van der Waals surface area contributed by atoms with Gasteiger partial charge in [-0.25, -0.2) is 0 Å². The third-order valence-corrected chi connectivity index (χ3v) is 6.93. The highest BCUT2D eigenvalue weighted by Crippen LogP contribution is 2.36. The molecular formula is C28H28N2O3. The lowest BCUT2D eigenvalue weighted by molar-refractivity contribution is 0.171. The summed E-state index contributed by atoms with van der Waals surface area (Å²) in [7, 11) is 0. The van der Waals surface area contributed by atoms with Gasteiger partial charge in [0.05, 0.1) is 0 Å². The van der Waals surface area contributed by atoms with Crippen molar-refractivity contribution < 1.29 is 14.0 Å². The van der Waals surface area contributed by atoms with Crippen LogP contribution < -0.4 is 9.47 Å². The molecule has 3 aromatic carbocycles. The Morgan fingerprint density at radius 3 is 2.58 bits per heavy atom. The molecule has 0 aliphatic carbocycles. The van der Waals surface area contributed by atoms with E-state index in [1.165, 1.54) is 16.3 Å². The number of nitrogens with zero attached hydrogens (tertiary/aromatic N) is 2. The highest BCUT2D eigenvalue weighted by atomic mass is 16.6. The molecule has 0 radical (unpaired) electrons. The number of likely N-dealkylation sites (tertiary alicyclic amines) is 1. The standard InChI is InChI=1S/C28H28N2O3/c1-2-7-24-20(4-1)5-3-6-21(24)10-13-30-14-11-22(12-15-30)27-19-25(29-33-27)23-8-9-26-28(18-23)32-17-16-31-26/h1-9,18-19,22H,10-17H2. The predicted molar refractivity (Wildman–Crippen MR) is 129 cm³/mol. The molecule has 0 bridgehead atoms. The minimum absolute atomic E-state index is 0.428. The van der Waals surface area contributed by atoms with Gasteiger partial charge in [-0.05, 0) is 66.9 Å². The summed E-state index contributed by atoms with van der Waals surface area (Å²) in [5.74, 6) is 3.00. The zero-order valence-electron chi connectivity index (χ0n) is 18.7. The van der Waals surface area contributed by atoms with Crippen molar-refractivity contribution in [2.75, 3.05) is 32.8 Å². The van der Waals surface area contributed by atoms with Crippen LogP contribution in [0.1, 0.15) is 30.1 Å². The molecule has 0 unspecified atom stereocenters. The molecule has 1 aromatic heterocycles. The van der Waals surface area contributed by atoms with Crippen molar-refractivity contribution >= 4 is 10.8 Å². The Kier molecular flexibility index (Phi) is 5.48. The summed E-state index contributed by atoms with van der Waals surface area (Å²) in [6.07, 6.45) is 3.29. The second-order valence-electron chi connectivity index (χ2n) is 8.98. The fraction of sp³-hybridized carbons (Fsp3) is 0.321. The molecule has 1 fully saturated rings. The fourth-order valence-corrected chi connectivity index (χ4v) is 5.05. The summed E-state index contributed by atoms with van der Waals surface area (Å²) in [5, 5.41) is 7.05. The molecule has 0 N–H and O–H groups in total. The van der Waals surface area contributed by atoms with Crippen LogP contribution >= 0.6 is 0 Å². The van der Waals surface area contributed by atoms with E-state index in [0.717, 1.165) is 67.4 Å². The van der Waals surface area contributed by atoms with Gasteiger partial charge in [0.15, 0.2) is 11.5 Å². The Hall–Kier alpha value is -3.31.